The van der Waals surface area contributed by atoms with Gasteiger partial charge in [-0.05, 0) is 52.0 Å². The molecule has 0 radical (unpaired) electrons. The number of aromatic amines is 1. The number of nitrogens with one attached hydrogen (secondary N) is 2. The molecule has 3 heterocycles. The van der Waals surface area contributed by atoms with Crippen molar-refractivity contribution >= 4 is 27.4 Å². The molecule has 7 heteroatoms. The van der Waals surface area contributed by atoms with Gasteiger partial charge in [-0.2, -0.15) is 5.10 Å². The average Bonchev–Trinajstić information content (AvgIpc) is 3.12. The molecule has 25 heavy (non-hydrogen) atoms. The van der Waals surface area contributed by atoms with Crippen LogP contribution in [0.15, 0.2) is 0 Å². The molecule has 6 nitrogen and oxygen atoms in total. The zero-order valence-corrected chi connectivity index (χ0v) is 15.8. The third-order valence-electron chi connectivity index (χ3n) is 4.76. The van der Waals surface area contributed by atoms with Gasteiger partial charge in [0.2, 0.25) is 0 Å². The molecule has 0 spiro atoms. The number of hydrogen-bond acceptors (Lipinski definition) is 6. The van der Waals surface area contributed by atoms with Crippen LogP contribution in [0.1, 0.15) is 41.6 Å². The van der Waals surface area contributed by atoms with E-state index in [0.29, 0.717) is 6.54 Å². The van der Waals surface area contributed by atoms with Crippen LogP contribution in [0.3, 0.4) is 0 Å². The number of aromatic nitrogens is 4. The van der Waals surface area contributed by atoms with Gasteiger partial charge in [0.1, 0.15) is 10.6 Å². The van der Waals surface area contributed by atoms with E-state index in [-0.39, 0.29) is 6.04 Å². The fourth-order valence-electron chi connectivity index (χ4n) is 3.54. The van der Waals surface area contributed by atoms with Crippen molar-refractivity contribution in [2.75, 3.05) is 11.9 Å². The molecule has 1 unspecified atom stereocenters. The largest absolute Gasteiger partial charge is 0.368 e. The van der Waals surface area contributed by atoms with E-state index in [1.54, 1.807) is 0 Å². The number of nitrogens with two attached hydrogens (primary N) is 1. The molecule has 0 saturated heterocycles. The third-order valence-corrected chi connectivity index (χ3v) is 5.94. The maximum atomic E-state index is 5.96. The first-order valence-electron chi connectivity index (χ1n) is 8.88. The molecule has 0 aliphatic heterocycles. The van der Waals surface area contributed by atoms with E-state index in [9.17, 15) is 0 Å². The first-order chi connectivity index (χ1) is 12.0. The summed E-state index contributed by atoms with van der Waals surface area (Å²) in [4.78, 5) is 12.3. The predicted octanol–water partition coefficient (Wildman–Crippen LogP) is 3.34. The molecule has 0 saturated carbocycles. The van der Waals surface area contributed by atoms with E-state index in [2.05, 4.69) is 15.5 Å². The highest BCUT2D eigenvalue weighted by atomic mass is 32.1. The lowest BCUT2D eigenvalue weighted by molar-refractivity contribution is 0.700. The molecule has 4 rings (SSSR count). The Kier molecular flexibility index (Phi) is 4.21. The monoisotopic (exact) mass is 356 g/mol. The Morgan fingerprint density at radius 3 is 2.76 bits per heavy atom. The highest BCUT2D eigenvalue weighted by Crippen LogP contribution is 2.40. The molecule has 1 aliphatic rings. The van der Waals surface area contributed by atoms with E-state index in [4.69, 9.17) is 15.7 Å². The van der Waals surface area contributed by atoms with Gasteiger partial charge in [0, 0.05) is 23.2 Å². The van der Waals surface area contributed by atoms with E-state index in [1.807, 2.05) is 32.1 Å². The maximum absolute atomic E-state index is 5.96. The second-order valence-electron chi connectivity index (χ2n) is 6.95. The van der Waals surface area contributed by atoms with Crippen LogP contribution >= 0.6 is 11.3 Å². The topological polar surface area (TPSA) is 92.5 Å². The Morgan fingerprint density at radius 1 is 1.24 bits per heavy atom. The first-order valence-corrected chi connectivity index (χ1v) is 9.70. The van der Waals surface area contributed by atoms with Crippen LogP contribution < -0.4 is 11.1 Å². The Morgan fingerprint density at radius 2 is 2.04 bits per heavy atom. The molecule has 0 amide bonds. The number of hydrogen-bond donors (Lipinski definition) is 3. The Balaban J connectivity index is 1.91. The molecule has 3 aromatic heterocycles. The fourth-order valence-corrected chi connectivity index (χ4v) is 4.80. The highest BCUT2D eigenvalue weighted by molar-refractivity contribution is 7.19. The summed E-state index contributed by atoms with van der Waals surface area (Å²) in [6, 6.07) is 0.0697. The van der Waals surface area contributed by atoms with Crippen molar-refractivity contribution in [1.29, 1.82) is 0 Å². The number of nitrogens with zero attached hydrogens (tertiary/aromatic N) is 3. The molecule has 0 bridgehead atoms. The fraction of sp³-hybridized carbons (Fsp3) is 0.500. The standard InChI is InChI=1S/C18H24N6S/c1-9(19)8-20-16-15-12-6-4-5-7-13(12)25-18(15)22-17(21-16)14-10(2)23-24-11(14)3/h9H,4-8,19H2,1-3H3,(H,23,24)(H,20,21,22). The van der Waals surface area contributed by atoms with Crippen LogP contribution in [0, 0.1) is 13.8 Å². The van der Waals surface area contributed by atoms with Crippen molar-refractivity contribution in [3.8, 4) is 11.4 Å². The Hall–Kier alpha value is -1.99. The molecular formula is C18H24N6S. The summed E-state index contributed by atoms with van der Waals surface area (Å²) in [5.74, 6) is 1.65. The average molecular weight is 356 g/mol. The predicted molar refractivity (Wildman–Crippen MR) is 103 cm³/mol. The van der Waals surface area contributed by atoms with Crippen molar-refractivity contribution < 1.29 is 0 Å². The van der Waals surface area contributed by atoms with Gasteiger partial charge in [0.05, 0.1) is 16.6 Å². The maximum Gasteiger partial charge on any atom is 0.166 e. The highest BCUT2D eigenvalue weighted by Gasteiger charge is 2.23. The zero-order valence-electron chi connectivity index (χ0n) is 14.9. The smallest absolute Gasteiger partial charge is 0.166 e. The van der Waals surface area contributed by atoms with E-state index in [1.165, 1.54) is 28.7 Å². The van der Waals surface area contributed by atoms with E-state index >= 15 is 0 Å². The lowest BCUT2D eigenvalue weighted by Crippen LogP contribution is -2.25. The minimum absolute atomic E-state index is 0.0697. The number of H-pyrrole nitrogens is 1. The van der Waals surface area contributed by atoms with Gasteiger partial charge in [-0.3, -0.25) is 5.10 Å². The molecule has 0 fully saturated rings. The van der Waals surface area contributed by atoms with Crippen LogP contribution in [-0.2, 0) is 12.8 Å². The number of thiophene rings is 1. The first kappa shape index (κ1) is 16.5. The zero-order chi connectivity index (χ0) is 17.6. The summed E-state index contributed by atoms with van der Waals surface area (Å²) >= 11 is 1.82. The summed E-state index contributed by atoms with van der Waals surface area (Å²) in [7, 11) is 0. The third kappa shape index (κ3) is 2.91. The van der Waals surface area contributed by atoms with Crippen molar-refractivity contribution in [2.45, 2.75) is 52.5 Å². The SMILES string of the molecule is Cc1n[nH]c(C)c1-c1nc(NCC(C)N)c2c3c(sc2n1)CCCC3. The van der Waals surface area contributed by atoms with Crippen molar-refractivity contribution in [3.05, 3.63) is 21.8 Å². The summed E-state index contributed by atoms with van der Waals surface area (Å²) in [5, 5.41) is 12.0. The van der Waals surface area contributed by atoms with Crippen molar-refractivity contribution in [2.24, 2.45) is 5.73 Å². The van der Waals surface area contributed by atoms with Crippen molar-refractivity contribution in [1.82, 2.24) is 20.2 Å². The molecule has 3 aromatic rings. The second-order valence-corrected chi connectivity index (χ2v) is 8.04. The summed E-state index contributed by atoms with van der Waals surface area (Å²) < 4.78 is 0. The van der Waals surface area contributed by atoms with Gasteiger partial charge in [-0.25, -0.2) is 9.97 Å². The van der Waals surface area contributed by atoms with Gasteiger partial charge in [0.25, 0.3) is 0 Å². The molecular weight excluding hydrogens is 332 g/mol. The van der Waals surface area contributed by atoms with Crippen LogP contribution in [0.5, 0.6) is 0 Å². The second kappa shape index (κ2) is 6.38. The lowest BCUT2D eigenvalue weighted by Gasteiger charge is -2.14. The molecule has 132 valence electrons. The molecule has 4 N–H and O–H groups in total. The van der Waals surface area contributed by atoms with Crippen LogP contribution in [0.25, 0.3) is 21.6 Å². The van der Waals surface area contributed by atoms with Crippen LogP contribution in [-0.4, -0.2) is 32.8 Å². The summed E-state index contributed by atoms with van der Waals surface area (Å²) in [6.45, 7) is 6.69. The van der Waals surface area contributed by atoms with Gasteiger partial charge < -0.3 is 11.1 Å². The Labute approximate surface area is 151 Å². The van der Waals surface area contributed by atoms with Crippen molar-refractivity contribution in [3.63, 3.8) is 0 Å². The molecule has 1 aliphatic carbocycles. The molecule has 0 aromatic carbocycles. The molecule has 1 atom stereocenters. The van der Waals surface area contributed by atoms with Gasteiger partial charge in [-0.1, -0.05) is 0 Å². The quantitative estimate of drug-likeness (QED) is 0.667. The minimum atomic E-state index is 0.0697. The Bertz CT molecular complexity index is 904. The minimum Gasteiger partial charge on any atom is -0.368 e. The number of anilines is 1. The van der Waals surface area contributed by atoms with E-state index < -0.39 is 0 Å². The summed E-state index contributed by atoms with van der Waals surface area (Å²) in [5.41, 5.74) is 10.3. The van der Waals surface area contributed by atoms with Gasteiger partial charge in [-0.15, -0.1) is 11.3 Å². The number of fused-ring (bicyclic) bond motifs is 3. The van der Waals surface area contributed by atoms with Crippen LogP contribution in [0.2, 0.25) is 0 Å². The summed E-state index contributed by atoms with van der Waals surface area (Å²) in [6.07, 6.45) is 4.78. The van der Waals surface area contributed by atoms with Gasteiger partial charge in [0.15, 0.2) is 5.82 Å². The van der Waals surface area contributed by atoms with Gasteiger partial charge >= 0.3 is 0 Å². The van der Waals surface area contributed by atoms with E-state index in [0.717, 1.165) is 46.3 Å². The number of rotatable bonds is 4. The lowest BCUT2D eigenvalue weighted by atomic mass is 9.97. The van der Waals surface area contributed by atoms with Crippen LogP contribution in [0.4, 0.5) is 5.82 Å². The normalized spacial score (nSPS) is 15.4. The number of aryl methyl sites for hydroxylation is 4.